The number of Topliss-reactive ketones (excluding diaryl/α,β-unsaturated/α-hetero) is 1. The fourth-order valence-electron chi connectivity index (χ4n) is 1.26. The largest absolute Gasteiger partial charge is 0.474 e. The second kappa shape index (κ2) is 6.49. The Balaban J connectivity index is 3.24. The van der Waals surface area contributed by atoms with Crippen molar-refractivity contribution in [3.05, 3.63) is 22.7 Å². The summed E-state index contributed by atoms with van der Waals surface area (Å²) in [6.07, 6.45) is 0. The van der Waals surface area contributed by atoms with Crippen LogP contribution >= 0.6 is 11.6 Å². The summed E-state index contributed by atoms with van der Waals surface area (Å²) in [5.41, 5.74) is -0.280. The fraction of sp³-hybridized carbons (Fsp3) is 0.0833. The van der Waals surface area contributed by atoms with Gasteiger partial charge in [-0.15, -0.1) is 0 Å². The topological polar surface area (TPSA) is 136 Å². The van der Waals surface area contributed by atoms with E-state index in [2.05, 4.69) is 5.32 Å². The lowest BCUT2D eigenvalue weighted by Gasteiger charge is -2.11. The number of amides is 2. The van der Waals surface area contributed by atoms with Crippen molar-refractivity contribution in [1.29, 1.82) is 5.26 Å². The van der Waals surface area contributed by atoms with Crippen LogP contribution in [0.25, 0.3) is 0 Å². The maximum atomic E-state index is 11.3. The number of hydrogen-bond donors (Lipinski definition) is 3. The van der Waals surface area contributed by atoms with E-state index in [1.165, 1.54) is 6.07 Å². The second-order valence-corrected chi connectivity index (χ2v) is 4.14. The van der Waals surface area contributed by atoms with Gasteiger partial charge in [0.05, 0.1) is 28.0 Å². The number of anilines is 2. The molecule has 0 aliphatic carbocycles. The SMILES string of the molecule is CC(=O)C(=O)Nc1cc(C#N)cc(NC(=O)C(=O)O)c1Cl. The molecule has 9 heteroatoms. The van der Waals surface area contributed by atoms with Gasteiger partial charge in [0.1, 0.15) is 0 Å². The average molecular weight is 310 g/mol. The number of nitrogens with one attached hydrogen (secondary N) is 2. The molecule has 0 heterocycles. The minimum atomic E-state index is -1.75. The molecule has 0 aliphatic rings. The summed E-state index contributed by atoms with van der Waals surface area (Å²) in [5.74, 6) is -4.87. The van der Waals surface area contributed by atoms with Gasteiger partial charge in [0.2, 0.25) is 5.78 Å². The predicted octanol–water partition coefficient (Wildman–Crippen LogP) is 0.762. The number of aliphatic carboxylic acids is 1. The van der Waals surface area contributed by atoms with Crippen molar-refractivity contribution >= 4 is 46.5 Å². The Bertz CT molecular complexity index is 644. The number of carbonyl (C=O) groups excluding carboxylic acids is 3. The van der Waals surface area contributed by atoms with Crippen LogP contribution in [-0.2, 0) is 19.2 Å². The van der Waals surface area contributed by atoms with Gasteiger partial charge in [-0.25, -0.2) is 4.79 Å². The third kappa shape index (κ3) is 4.02. The summed E-state index contributed by atoms with van der Waals surface area (Å²) in [5, 5.41) is 21.3. The van der Waals surface area contributed by atoms with Crippen LogP contribution in [-0.4, -0.2) is 28.7 Å². The maximum Gasteiger partial charge on any atom is 0.394 e. The van der Waals surface area contributed by atoms with E-state index in [4.69, 9.17) is 22.0 Å². The van der Waals surface area contributed by atoms with Crippen LogP contribution in [0.5, 0.6) is 0 Å². The number of nitrogens with zero attached hydrogens (tertiary/aromatic N) is 1. The number of ketones is 1. The third-order valence-corrected chi connectivity index (χ3v) is 2.62. The van der Waals surface area contributed by atoms with Crippen LogP contribution in [0.15, 0.2) is 12.1 Å². The minimum Gasteiger partial charge on any atom is -0.474 e. The van der Waals surface area contributed by atoms with Gasteiger partial charge in [-0.2, -0.15) is 5.26 Å². The zero-order valence-electron chi connectivity index (χ0n) is 10.6. The van der Waals surface area contributed by atoms with Crippen molar-refractivity contribution in [2.45, 2.75) is 6.92 Å². The van der Waals surface area contributed by atoms with Gasteiger partial charge in [0.25, 0.3) is 5.91 Å². The fourth-order valence-corrected chi connectivity index (χ4v) is 1.46. The molecule has 1 aromatic rings. The summed E-state index contributed by atoms with van der Waals surface area (Å²) in [4.78, 5) is 43.8. The number of rotatable bonds is 3. The van der Waals surface area contributed by atoms with Gasteiger partial charge in [-0.1, -0.05) is 11.6 Å². The minimum absolute atomic E-state index is 0.000981. The van der Waals surface area contributed by atoms with Gasteiger partial charge in [0, 0.05) is 6.92 Å². The molecule has 1 aromatic carbocycles. The van der Waals surface area contributed by atoms with Crippen LogP contribution in [0.2, 0.25) is 5.02 Å². The van der Waals surface area contributed by atoms with Crippen LogP contribution in [0.1, 0.15) is 12.5 Å². The van der Waals surface area contributed by atoms with E-state index in [0.717, 1.165) is 13.0 Å². The number of hydrogen-bond acceptors (Lipinski definition) is 5. The Morgan fingerprint density at radius 3 is 2.00 bits per heavy atom. The smallest absolute Gasteiger partial charge is 0.394 e. The van der Waals surface area contributed by atoms with E-state index in [1.807, 2.05) is 5.32 Å². The van der Waals surface area contributed by atoms with Crippen molar-refractivity contribution in [2.24, 2.45) is 0 Å². The van der Waals surface area contributed by atoms with E-state index in [9.17, 15) is 19.2 Å². The number of nitriles is 1. The normalized spacial score (nSPS) is 9.38. The first-order valence-electron chi connectivity index (χ1n) is 5.36. The molecule has 21 heavy (non-hydrogen) atoms. The van der Waals surface area contributed by atoms with Crippen LogP contribution in [0.4, 0.5) is 11.4 Å². The highest BCUT2D eigenvalue weighted by Crippen LogP contribution is 2.32. The number of carbonyl (C=O) groups is 4. The number of carboxylic acids is 1. The van der Waals surface area contributed by atoms with E-state index in [1.54, 1.807) is 6.07 Å². The molecule has 0 aliphatic heterocycles. The third-order valence-electron chi connectivity index (χ3n) is 2.21. The van der Waals surface area contributed by atoms with Crippen molar-refractivity contribution in [1.82, 2.24) is 0 Å². The molecule has 1 rings (SSSR count). The summed E-state index contributed by atoms with van der Waals surface area (Å²) in [7, 11) is 0. The van der Waals surface area contributed by atoms with E-state index >= 15 is 0 Å². The molecule has 3 N–H and O–H groups in total. The summed E-state index contributed by atoms with van der Waals surface area (Å²) < 4.78 is 0. The lowest BCUT2D eigenvalue weighted by atomic mass is 10.1. The van der Waals surface area contributed by atoms with Crippen molar-refractivity contribution < 1.29 is 24.3 Å². The van der Waals surface area contributed by atoms with Gasteiger partial charge in [-0.3, -0.25) is 14.4 Å². The molecule has 0 radical (unpaired) electrons. The Hall–Kier alpha value is -2.92. The van der Waals surface area contributed by atoms with Crippen molar-refractivity contribution in [3.8, 4) is 6.07 Å². The summed E-state index contributed by atoms with van der Waals surface area (Å²) in [6, 6.07) is 4.06. The molecular formula is C12H8ClN3O5. The molecule has 0 saturated carbocycles. The first-order valence-corrected chi connectivity index (χ1v) is 5.74. The molecule has 0 unspecified atom stereocenters. The Kier molecular flexibility index (Phi) is 4.99. The summed E-state index contributed by atoms with van der Waals surface area (Å²) >= 11 is 5.89. The average Bonchev–Trinajstić information content (AvgIpc) is 2.42. The van der Waals surface area contributed by atoms with E-state index in [-0.39, 0.29) is 22.0 Å². The zero-order valence-corrected chi connectivity index (χ0v) is 11.3. The van der Waals surface area contributed by atoms with Crippen LogP contribution in [0.3, 0.4) is 0 Å². The van der Waals surface area contributed by atoms with E-state index in [0.29, 0.717) is 0 Å². The molecular weight excluding hydrogens is 302 g/mol. The molecule has 8 nitrogen and oxygen atoms in total. The number of benzene rings is 1. The number of halogens is 1. The molecule has 0 saturated heterocycles. The maximum absolute atomic E-state index is 11.3. The first kappa shape index (κ1) is 16.1. The zero-order chi connectivity index (χ0) is 16.2. The van der Waals surface area contributed by atoms with Gasteiger partial charge < -0.3 is 15.7 Å². The molecule has 0 spiro atoms. The Labute approximate surface area is 123 Å². The van der Waals surface area contributed by atoms with Gasteiger partial charge >= 0.3 is 11.9 Å². The van der Waals surface area contributed by atoms with Gasteiger partial charge in [0.15, 0.2) is 0 Å². The monoisotopic (exact) mass is 309 g/mol. The molecule has 108 valence electrons. The van der Waals surface area contributed by atoms with Crippen molar-refractivity contribution in [3.63, 3.8) is 0 Å². The Morgan fingerprint density at radius 1 is 1.14 bits per heavy atom. The quantitative estimate of drug-likeness (QED) is 0.705. The van der Waals surface area contributed by atoms with Gasteiger partial charge in [-0.05, 0) is 12.1 Å². The highest BCUT2D eigenvalue weighted by Gasteiger charge is 2.18. The summed E-state index contributed by atoms with van der Waals surface area (Å²) in [6.45, 7) is 1.03. The molecule has 0 bridgehead atoms. The second-order valence-electron chi connectivity index (χ2n) is 3.77. The molecule has 0 aromatic heterocycles. The highest BCUT2D eigenvalue weighted by atomic mass is 35.5. The molecule has 0 fully saturated rings. The van der Waals surface area contributed by atoms with Crippen LogP contribution < -0.4 is 10.6 Å². The van der Waals surface area contributed by atoms with Crippen LogP contribution in [0, 0.1) is 11.3 Å². The lowest BCUT2D eigenvalue weighted by molar-refractivity contribution is -0.147. The van der Waals surface area contributed by atoms with Crippen molar-refractivity contribution in [2.75, 3.05) is 10.6 Å². The molecule has 2 amide bonds. The molecule has 0 atom stereocenters. The number of carboxylic acid groups (broad SMARTS) is 1. The first-order chi connectivity index (χ1) is 9.76. The Morgan fingerprint density at radius 2 is 1.62 bits per heavy atom. The standard InChI is InChI=1S/C12H8ClN3O5/c1-5(17)10(18)15-7-2-6(4-14)3-8(9(7)13)16-11(19)12(20)21/h2-3H,1H3,(H,15,18)(H,16,19)(H,20,21). The highest BCUT2D eigenvalue weighted by molar-refractivity contribution is 6.43. The predicted molar refractivity (Wildman–Crippen MR) is 71.7 cm³/mol. The lowest BCUT2D eigenvalue weighted by Crippen LogP contribution is -2.23. The van der Waals surface area contributed by atoms with E-state index < -0.39 is 23.6 Å².